The molecule has 0 spiro atoms. The van der Waals surface area contributed by atoms with E-state index in [0.29, 0.717) is 29.6 Å². The molecule has 126 valence electrons. The molecule has 1 aromatic carbocycles. The summed E-state index contributed by atoms with van der Waals surface area (Å²) in [4.78, 5) is 22.0. The van der Waals surface area contributed by atoms with Crippen molar-refractivity contribution in [2.75, 3.05) is 11.4 Å². The Labute approximate surface area is 144 Å². The quantitative estimate of drug-likeness (QED) is 0.712. The van der Waals surface area contributed by atoms with E-state index in [9.17, 15) is 4.79 Å². The predicted molar refractivity (Wildman–Crippen MR) is 89.9 cm³/mol. The lowest BCUT2D eigenvalue weighted by Crippen LogP contribution is -2.23. The maximum absolute atomic E-state index is 11.8. The van der Waals surface area contributed by atoms with Crippen molar-refractivity contribution in [1.82, 2.24) is 15.1 Å². The van der Waals surface area contributed by atoms with Gasteiger partial charge in [0.25, 0.3) is 5.89 Å². The van der Waals surface area contributed by atoms with E-state index in [0.717, 1.165) is 18.7 Å². The third-order valence-electron chi connectivity index (χ3n) is 3.95. The molecular weight excluding hydrogens is 320 g/mol. The van der Waals surface area contributed by atoms with E-state index in [4.69, 9.17) is 9.26 Å². The molecule has 1 amide bonds. The number of carbonyl (C=O) groups is 1. The summed E-state index contributed by atoms with van der Waals surface area (Å²) in [5.74, 6) is 1.65. The number of amides is 1. The van der Waals surface area contributed by atoms with Crippen LogP contribution in [0.2, 0.25) is 0 Å². The number of nitrogens with zero attached hydrogens (tertiary/aromatic N) is 4. The van der Waals surface area contributed by atoms with Gasteiger partial charge in [-0.3, -0.25) is 9.78 Å². The van der Waals surface area contributed by atoms with Crippen molar-refractivity contribution in [2.24, 2.45) is 0 Å². The maximum Gasteiger partial charge on any atom is 0.264 e. The standard InChI is InChI=1S/C18H16N4O3/c23-17-5-3-11-22(17)13-6-8-14(9-7-13)24-12-16-20-18(21-25-16)15-4-1-2-10-19-15/h1-2,4,6-10H,3,5,11-12H2. The first-order valence-corrected chi connectivity index (χ1v) is 8.07. The Hall–Kier alpha value is -3.22. The van der Waals surface area contributed by atoms with Crippen LogP contribution < -0.4 is 9.64 Å². The van der Waals surface area contributed by atoms with E-state index >= 15 is 0 Å². The first-order valence-electron chi connectivity index (χ1n) is 8.07. The van der Waals surface area contributed by atoms with Crippen LogP contribution >= 0.6 is 0 Å². The highest BCUT2D eigenvalue weighted by Gasteiger charge is 2.21. The summed E-state index contributed by atoms with van der Waals surface area (Å²) < 4.78 is 10.8. The minimum atomic E-state index is 0.168. The normalized spacial score (nSPS) is 14.1. The molecule has 4 rings (SSSR count). The van der Waals surface area contributed by atoms with Crippen LogP contribution in [0.3, 0.4) is 0 Å². The van der Waals surface area contributed by atoms with Gasteiger partial charge in [-0.15, -0.1) is 0 Å². The van der Waals surface area contributed by atoms with Gasteiger partial charge in [0.05, 0.1) is 0 Å². The fourth-order valence-electron chi connectivity index (χ4n) is 2.70. The molecular formula is C18H16N4O3. The van der Waals surface area contributed by atoms with Gasteiger partial charge in [0.2, 0.25) is 11.7 Å². The van der Waals surface area contributed by atoms with E-state index in [2.05, 4.69) is 15.1 Å². The number of ether oxygens (including phenoxy) is 1. The van der Waals surface area contributed by atoms with Gasteiger partial charge in [0, 0.05) is 24.8 Å². The van der Waals surface area contributed by atoms with Crippen molar-refractivity contribution in [2.45, 2.75) is 19.4 Å². The van der Waals surface area contributed by atoms with Gasteiger partial charge < -0.3 is 14.2 Å². The molecule has 1 fully saturated rings. The predicted octanol–water partition coefficient (Wildman–Crippen LogP) is 2.84. The van der Waals surface area contributed by atoms with Crippen LogP contribution in [0, 0.1) is 0 Å². The summed E-state index contributed by atoms with van der Waals surface area (Å²) in [7, 11) is 0. The van der Waals surface area contributed by atoms with Crippen molar-refractivity contribution in [3.8, 4) is 17.3 Å². The SMILES string of the molecule is O=C1CCCN1c1ccc(OCc2nc(-c3ccccn3)no2)cc1. The fraction of sp³-hybridized carbons (Fsp3) is 0.222. The molecule has 3 aromatic rings. The third kappa shape index (κ3) is 3.35. The van der Waals surface area contributed by atoms with Gasteiger partial charge in [-0.1, -0.05) is 11.2 Å². The molecule has 7 nitrogen and oxygen atoms in total. The highest BCUT2D eigenvalue weighted by molar-refractivity contribution is 5.95. The second kappa shape index (κ2) is 6.72. The molecule has 1 aliphatic heterocycles. The molecule has 0 saturated carbocycles. The minimum Gasteiger partial charge on any atom is -0.484 e. The third-order valence-corrected chi connectivity index (χ3v) is 3.95. The van der Waals surface area contributed by atoms with Crippen molar-refractivity contribution in [3.05, 3.63) is 54.6 Å². The largest absolute Gasteiger partial charge is 0.484 e. The number of pyridine rings is 1. The lowest BCUT2D eigenvalue weighted by atomic mass is 10.3. The van der Waals surface area contributed by atoms with E-state index in [1.54, 1.807) is 11.1 Å². The Bertz CT molecular complexity index is 862. The van der Waals surface area contributed by atoms with Gasteiger partial charge in [0.1, 0.15) is 11.4 Å². The number of hydrogen-bond donors (Lipinski definition) is 0. The molecule has 1 aliphatic rings. The van der Waals surface area contributed by atoms with Crippen molar-refractivity contribution < 1.29 is 14.1 Å². The molecule has 0 N–H and O–H groups in total. The highest BCUT2D eigenvalue weighted by Crippen LogP contribution is 2.24. The first-order chi connectivity index (χ1) is 12.3. The van der Waals surface area contributed by atoms with Gasteiger partial charge in [-0.25, -0.2) is 0 Å². The number of anilines is 1. The van der Waals surface area contributed by atoms with Crippen LogP contribution in [0.15, 0.2) is 53.2 Å². The molecule has 2 aromatic heterocycles. The molecule has 0 aliphatic carbocycles. The van der Waals surface area contributed by atoms with Gasteiger partial charge in [-0.2, -0.15) is 4.98 Å². The Morgan fingerprint density at radius 1 is 1.16 bits per heavy atom. The van der Waals surface area contributed by atoms with Crippen LogP contribution in [0.25, 0.3) is 11.5 Å². The molecule has 3 heterocycles. The summed E-state index contributed by atoms with van der Waals surface area (Å²) >= 11 is 0. The Balaban J connectivity index is 1.38. The van der Waals surface area contributed by atoms with E-state index in [-0.39, 0.29) is 12.5 Å². The van der Waals surface area contributed by atoms with Crippen molar-refractivity contribution >= 4 is 11.6 Å². The zero-order chi connectivity index (χ0) is 17.1. The minimum absolute atomic E-state index is 0.168. The summed E-state index contributed by atoms with van der Waals surface area (Å²) in [6.45, 7) is 0.944. The van der Waals surface area contributed by atoms with Crippen LogP contribution in [0.4, 0.5) is 5.69 Å². The Morgan fingerprint density at radius 3 is 2.76 bits per heavy atom. The molecule has 7 heteroatoms. The van der Waals surface area contributed by atoms with Gasteiger partial charge in [0.15, 0.2) is 6.61 Å². The van der Waals surface area contributed by atoms with E-state index in [1.165, 1.54) is 0 Å². The number of rotatable bonds is 5. The molecule has 25 heavy (non-hydrogen) atoms. The van der Waals surface area contributed by atoms with E-state index < -0.39 is 0 Å². The summed E-state index contributed by atoms with van der Waals surface area (Å²) in [6.07, 6.45) is 3.20. The molecule has 1 saturated heterocycles. The molecule has 0 unspecified atom stereocenters. The second-order valence-corrected chi connectivity index (χ2v) is 5.66. The molecule has 0 radical (unpaired) electrons. The highest BCUT2D eigenvalue weighted by atomic mass is 16.5. The average molecular weight is 336 g/mol. The first kappa shape index (κ1) is 15.3. The summed E-state index contributed by atoms with van der Waals surface area (Å²) in [6, 6.07) is 12.9. The van der Waals surface area contributed by atoms with Crippen LogP contribution in [0.5, 0.6) is 5.75 Å². The number of hydrogen-bond acceptors (Lipinski definition) is 6. The number of aromatic nitrogens is 3. The lowest BCUT2D eigenvalue weighted by molar-refractivity contribution is -0.117. The lowest BCUT2D eigenvalue weighted by Gasteiger charge is -2.15. The summed E-state index contributed by atoms with van der Waals surface area (Å²) in [5.41, 5.74) is 1.54. The van der Waals surface area contributed by atoms with Gasteiger partial charge in [-0.05, 0) is 42.8 Å². The average Bonchev–Trinajstić information content (AvgIpc) is 3.30. The van der Waals surface area contributed by atoms with Crippen LogP contribution in [-0.4, -0.2) is 27.6 Å². The second-order valence-electron chi connectivity index (χ2n) is 5.66. The van der Waals surface area contributed by atoms with Crippen LogP contribution in [0.1, 0.15) is 18.7 Å². The van der Waals surface area contributed by atoms with E-state index in [1.807, 2.05) is 42.5 Å². The summed E-state index contributed by atoms with van der Waals surface area (Å²) in [5, 5.41) is 3.90. The monoisotopic (exact) mass is 336 g/mol. The Morgan fingerprint density at radius 2 is 2.04 bits per heavy atom. The Kier molecular flexibility index (Phi) is 4.12. The topological polar surface area (TPSA) is 81.4 Å². The number of carbonyl (C=O) groups excluding carboxylic acids is 1. The number of benzene rings is 1. The zero-order valence-electron chi connectivity index (χ0n) is 13.5. The molecule has 0 atom stereocenters. The maximum atomic E-state index is 11.8. The smallest absolute Gasteiger partial charge is 0.264 e. The van der Waals surface area contributed by atoms with Crippen molar-refractivity contribution in [3.63, 3.8) is 0 Å². The molecule has 0 bridgehead atoms. The fourth-order valence-corrected chi connectivity index (χ4v) is 2.70. The zero-order valence-corrected chi connectivity index (χ0v) is 13.5. The van der Waals surface area contributed by atoms with Gasteiger partial charge >= 0.3 is 0 Å². The van der Waals surface area contributed by atoms with Crippen molar-refractivity contribution in [1.29, 1.82) is 0 Å². The van der Waals surface area contributed by atoms with Crippen LogP contribution in [-0.2, 0) is 11.4 Å².